The van der Waals surface area contributed by atoms with Crippen LogP contribution in [0, 0.1) is 0 Å². The summed E-state index contributed by atoms with van der Waals surface area (Å²) in [7, 11) is 0. The number of carbonyl (C=O) groups excluding carboxylic acids is 4. The van der Waals surface area contributed by atoms with Gasteiger partial charge in [0.15, 0.2) is 0 Å². The van der Waals surface area contributed by atoms with Crippen molar-refractivity contribution in [2.45, 2.75) is 50.5 Å². The molecule has 0 bridgehead atoms. The van der Waals surface area contributed by atoms with Crippen LogP contribution in [0.1, 0.15) is 40.7 Å². The van der Waals surface area contributed by atoms with E-state index in [1.54, 1.807) is 11.0 Å². The van der Waals surface area contributed by atoms with Gasteiger partial charge in [-0.2, -0.15) is 0 Å². The molecule has 0 radical (unpaired) electrons. The standard InChI is InChI=1S/C21H25N5O4/c27-18-5-4-17(20(29)24-18)26-11-16-12(2-1-3-15(16)21(26)30)7-23-13-6-19(28)25(10-13)14-8-22-9-14/h1-3,13-14,17,22-23H,4-11H2,(H,24,27,29). The number of rotatable bonds is 5. The van der Waals surface area contributed by atoms with E-state index in [1.165, 1.54) is 0 Å². The maximum atomic E-state index is 12.9. The first-order valence-corrected chi connectivity index (χ1v) is 10.5. The molecule has 0 aliphatic carbocycles. The van der Waals surface area contributed by atoms with E-state index < -0.39 is 11.9 Å². The number of nitrogens with one attached hydrogen (secondary N) is 3. The van der Waals surface area contributed by atoms with Gasteiger partial charge in [0.1, 0.15) is 6.04 Å². The molecule has 4 aliphatic rings. The van der Waals surface area contributed by atoms with Crippen molar-refractivity contribution in [2.75, 3.05) is 19.6 Å². The summed E-state index contributed by atoms with van der Waals surface area (Å²) in [5, 5.41) is 9.01. The van der Waals surface area contributed by atoms with Crippen LogP contribution in [-0.2, 0) is 27.5 Å². The van der Waals surface area contributed by atoms with Crippen LogP contribution in [0.2, 0.25) is 0 Å². The highest BCUT2D eigenvalue weighted by Gasteiger charge is 2.40. The Hall–Kier alpha value is -2.78. The summed E-state index contributed by atoms with van der Waals surface area (Å²) in [4.78, 5) is 52.4. The Balaban J connectivity index is 1.26. The number of likely N-dealkylation sites (tertiary alicyclic amines) is 1. The molecule has 1 aromatic rings. The van der Waals surface area contributed by atoms with Gasteiger partial charge in [-0.25, -0.2) is 0 Å². The van der Waals surface area contributed by atoms with E-state index in [1.807, 2.05) is 17.0 Å². The second kappa shape index (κ2) is 7.48. The summed E-state index contributed by atoms with van der Waals surface area (Å²) >= 11 is 0. The molecule has 1 aromatic carbocycles. The highest BCUT2D eigenvalue weighted by atomic mass is 16.2. The fraction of sp³-hybridized carbons (Fsp3) is 0.524. The van der Waals surface area contributed by atoms with Crippen LogP contribution in [-0.4, -0.2) is 71.2 Å². The van der Waals surface area contributed by atoms with Crippen molar-refractivity contribution in [3.05, 3.63) is 34.9 Å². The average Bonchev–Trinajstić information content (AvgIpc) is 3.20. The largest absolute Gasteiger partial charge is 0.336 e. The smallest absolute Gasteiger partial charge is 0.255 e. The second-order valence-corrected chi connectivity index (χ2v) is 8.48. The minimum absolute atomic E-state index is 0.0947. The summed E-state index contributed by atoms with van der Waals surface area (Å²) in [6, 6.07) is 5.42. The van der Waals surface area contributed by atoms with Crippen molar-refractivity contribution in [3.8, 4) is 0 Å². The fourth-order valence-electron chi connectivity index (χ4n) is 4.78. The van der Waals surface area contributed by atoms with Gasteiger partial charge in [-0.05, 0) is 23.6 Å². The predicted molar refractivity (Wildman–Crippen MR) is 106 cm³/mol. The molecule has 0 saturated carbocycles. The summed E-state index contributed by atoms with van der Waals surface area (Å²) in [5.74, 6) is -0.664. The van der Waals surface area contributed by atoms with Gasteiger partial charge in [0.25, 0.3) is 5.91 Å². The number of piperidine rings is 1. The lowest BCUT2D eigenvalue weighted by Gasteiger charge is -2.35. The molecular formula is C21H25N5O4. The lowest BCUT2D eigenvalue weighted by atomic mass is 10.0. The molecule has 3 saturated heterocycles. The Morgan fingerprint density at radius 1 is 1.10 bits per heavy atom. The Morgan fingerprint density at radius 2 is 1.93 bits per heavy atom. The maximum Gasteiger partial charge on any atom is 0.255 e. The molecule has 2 atom stereocenters. The van der Waals surface area contributed by atoms with Gasteiger partial charge in [-0.15, -0.1) is 0 Å². The molecule has 4 aliphatic heterocycles. The number of hydrogen-bond donors (Lipinski definition) is 3. The monoisotopic (exact) mass is 411 g/mol. The van der Waals surface area contributed by atoms with E-state index >= 15 is 0 Å². The number of benzene rings is 1. The summed E-state index contributed by atoms with van der Waals surface area (Å²) in [6.45, 7) is 3.36. The van der Waals surface area contributed by atoms with Crippen molar-refractivity contribution in [1.82, 2.24) is 25.8 Å². The zero-order valence-electron chi connectivity index (χ0n) is 16.6. The summed E-state index contributed by atoms with van der Waals surface area (Å²) in [6.07, 6.45) is 1.09. The molecule has 158 valence electrons. The van der Waals surface area contributed by atoms with E-state index in [-0.39, 0.29) is 30.2 Å². The highest BCUT2D eigenvalue weighted by molar-refractivity contribution is 6.05. The molecule has 4 heterocycles. The highest BCUT2D eigenvalue weighted by Crippen LogP contribution is 2.30. The van der Waals surface area contributed by atoms with E-state index in [9.17, 15) is 19.2 Å². The normalized spacial score (nSPS) is 26.8. The number of hydrogen-bond acceptors (Lipinski definition) is 6. The number of imide groups is 1. The molecule has 0 aromatic heterocycles. The van der Waals surface area contributed by atoms with Crippen molar-refractivity contribution in [3.63, 3.8) is 0 Å². The molecule has 9 heteroatoms. The van der Waals surface area contributed by atoms with Crippen LogP contribution in [0.5, 0.6) is 0 Å². The topological polar surface area (TPSA) is 111 Å². The van der Waals surface area contributed by atoms with Crippen LogP contribution in [0.4, 0.5) is 0 Å². The van der Waals surface area contributed by atoms with Crippen LogP contribution < -0.4 is 16.0 Å². The molecule has 30 heavy (non-hydrogen) atoms. The first-order valence-electron chi connectivity index (χ1n) is 10.5. The van der Waals surface area contributed by atoms with Gasteiger partial charge in [0.2, 0.25) is 17.7 Å². The zero-order chi connectivity index (χ0) is 20.8. The van der Waals surface area contributed by atoms with E-state index in [0.717, 1.165) is 24.2 Å². The lowest BCUT2D eigenvalue weighted by molar-refractivity contribution is -0.137. The van der Waals surface area contributed by atoms with Crippen LogP contribution >= 0.6 is 0 Å². The van der Waals surface area contributed by atoms with E-state index in [4.69, 9.17) is 0 Å². The minimum atomic E-state index is -0.611. The molecule has 4 amide bonds. The molecular weight excluding hydrogens is 386 g/mol. The Bertz CT molecular complexity index is 928. The number of amides is 4. The Kier molecular flexibility index (Phi) is 4.79. The zero-order valence-corrected chi connectivity index (χ0v) is 16.6. The molecule has 3 fully saturated rings. The first-order chi connectivity index (χ1) is 14.5. The predicted octanol–water partition coefficient (Wildman–Crippen LogP) is -0.890. The SMILES string of the molecule is O=C1CCC(N2Cc3c(CNC4CC(=O)N(C5CNC5)C4)cccc3C2=O)C(=O)N1. The number of fused-ring (bicyclic) bond motifs is 1. The quantitative estimate of drug-likeness (QED) is 0.542. The van der Waals surface area contributed by atoms with Crippen LogP contribution in [0.25, 0.3) is 0 Å². The molecule has 2 unspecified atom stereocenters. The van der Waals surface area contributed by atoms with Gasteiger partial charge in [0, 0.05) is 57.2 Å². The second-order valence-electron chi connectivity index (χ2n) is 8.48. The fourth-order valence-corrected chi connectivity index (χ4v) is 4.78. The minimum Gasteiger partial charge on any atom is -0.336 e. The maximum absolute atomic E-state index is 12.9. The Labute approximate surface area is 174 Å². The van der Waals surface area contributed by atoms with Crippen molar-refractivity contribution in [1.29, 1.82) is 0 Å². The van der Waals surface area contributed by atoms with Crippen molar-refractivity contribution < 1.29 is 19.2 Å². The molecule has 5 rings (SSSR count). The number of nitrogens with zero attached hydrogens (tertiary/aromatic N) is 2. The van der Waals surface area contributed by atoms with Crippen LogP contribution in [0.3, 0.4) is 0 Å². The Morgan fingerprint density at radius 3 is 2.67 bits per heavy atom. The third-order valence-corrected chi connectivity index (χ3v) is 6.62. The first kappa shape index (κ1) is 19.2. The molecule has 9 nitrogen and oxygen atoms in total. The van der Waals surface area contributed by atoms with E-state index in [2.05, 4.69) is 16.0 Å². The van der Waals surface area contributed by atoms with Crippen molar-refractivity contribution in [2.24, 2.45) is 0 Å². The van der Waals surface area contributed by atoms with E-state index in [0.29, 0.717) is 44.1 Å². The van der Waals surface area contributed by atoms with Crippen LogP contribution in [0.15, 0.2) is 18.2 Å². The van der Waals surface area contributed by atoms with Gasteiger partial charge in [-0.1, -0.05) is 12.1 Å². The lowest BCUT2D eigenvalue weighted by Crippen LogP contribution is -2.57. The molecule has 0 spiro atoms. The number of carbonyl (C=O) groups is 4. The average molecular weight is 411 g/mol. The van der Waals surface area contributed by atoms with Gasteiger partial charge < -0.3 is 20.4 Å². The van der Waals surface area contributed by atoms with Gasteiger partial charge >= 0.3 is 0 Å². The van der Waals surface area contributed by atoms with Crippen molar-refractivity contribution >= 4 is 23.6 Å². The van der Waals surface area contributed by atoms with Gasteiger partial charge in [0.05, 0.1) is 6.04 Å². The molecule has 3 N–H and O–H groups in total. The summed E-state index contributed by atoms with van der Waals surface area (Å²) < 4.78 is 0. The van der Waals surface area contributed by atoms with Gasteiger partial charge in [-0.3, -0.25) is 24.5 Å². The third-order valence-electron chi connectivity index (χ3n) is 6.62. The summed E-state index contributed by atoms with van der Waals surface area (Å²) in [5.41, 5.74) is 2.54. The third kappa shape index (κ3) is 3.27.